The highest BCUT2D eigenvalue weighted by molar-refractivity contribution is 6.02. The average molecular weight is 1830 g/mol. The molecule has 3 fully saturated rings. The zero-order chi connectivity index (χ0) is 94.6. The minimum absolute atomic E-state index is 0. The number of aromatic nitrogens is 8. The number of piperidine rings is 3. The van der Waals surface area contributed by atoms with Gasteiger partial charge in [-0.25, -0.2) is 40.9 Å². The van der Waals surface area contributed by atoms with Crippen LogP contribution in [-0.4, -0.2) is 172 Å². The number of hydrogen-bond acceptors (Lipinski definition) is 15. The van der Waals surface area contributed by atoms with Crippen molar-refractivity contribution in [1.82, 2.24) is 70.6 Å². The predicted molar refractivity (Wildman–Crippen MR) is 532 cm³/mol. The van der Waals surface area contributed by atoms with Crippen LogP contribution in [0.2, 0.25) is 0 Å². The van der Waals surface area contributed by atoms with Crippen molar-refractivity contribution in [3.05, 3.63) is 310 Å². The number of likely N-dealkylation sites (tertiary alicyclic amines) is 3. The summed E-state index contributed by atoms with van der Waals surface area (Å²) in [6, 6.07) is 70.2. The lowest BCUT2D eigenvalue weighted by atomic mass is 9.87. The van der Waals surface area contributed by atoms with E-state index in [1.165, 1.54) is 59.5 Å². The van der Waals surface area contributed by atoms with Crippen LogP contribution in [0.25, 0.3) is 55.4 Å². The summed E-state index contributed by atoms with van der Waals surface area (Å²) in [6.45, 7) is 22.9. The summed E-state index contributed by atoms with van der Waals surface area (Å²) in [5.41, 5.74) is 13.5. The molecule has 0 spiro atoms. The monoisotopic (exact) mass is 1830 g/mol. The quantitative estimate of drug-likeness (QED) is 0.0195. The number of aryl methyl sites for hydroxylation is 5. The maximum Gasteiger partial charge on any atom is 0.319 e. The van der Waals surface area contributed by atoms with Gasteiger partial charge in [0.05, 0.1) is 12.1 Å². The molecule has 13 aromatic rings. The highest BCUT2D eigenvalue weighted by Crippen LogP contribution is 2.33. The van der Waals surface area contributed by atoms with Crippen molar-refractivity contribution >= 4 is 56.5 Å². The lowest BCUT2D eigenvalue weighted by Gasteiger charge is -2.35. The highest BCUT2D eigenvalue weighted by atomic mass is 19.1. The van der Waals surface area contributed by atoms with E-state index >= 15 is 0 Å². The van der Waals surface area contributed by atoms with Crippen LogP contribution in [0, 0.1) is 52.8 Å². The molecule has 0 radical (unpaired) electrons. The molecule has 26 heteroatoms. The first kappa shape index (κ1) is 98.9. The number of nitrogens with zero attached hydrogens (tertiary/aromatic N) is 12. The minimum Gasteiger partial charge on any atom is -0.390 e. The number of Topliss-reactive ketones (excluding diaryl/α,β-unsaturated/α-hetero) is 2. The van der Waals surface area contributed by atoms with Gasteiger partial charge in [0.2, 0.25) is 0 Å². The van der Waals surface area contributed by atoms with Gasteiger partial charge >= 0.3 is 12.1 Å². The second-order valence-electron chi connectivity index (χ2n) is 36.1. The Morgan fingerprint density at radius 2 is 0.925 bits per heavy atom. The summed E-state index contributed by atoms with van der Waals surface area (Å²) in [5.74, 6) is 2.13. The van der Waals surface area contributed by atoms with Crippen LogP contribution in [0.1, 0.15) is 161 Å². The zero-order valence-electron chi connectivity index (χ0n) is 78.1. The van der Waals surface area contributed by atoms with E-state index in [1.54, 1.807) is 78.9 Å². The molecule has 3 aliphatic heterocycles. The summed E-state index contributed by atoms with van der Waals surface area (Å²) in [5, 5.41) is 49.9. The fourth-order valence-corrected chi connectivity index (χ4v) is 18.0. The van der Waals surface area contributed by atoms with E-state index in [0.717, 1.165) is 208 Å². The number of benzene rings is 11. The Morgan fingerprint density at radius 3 is 1.43 bits per heavy atom. The van der Waals surface area contributed by atoms with Gasteiger partial charge in [-0.2, -0.15) is 0 Å². The number of ketones is 2. The number of anilines is 2. The van der Waals surface area contributed by atoms with E-state index in [4.69, 9.17) is 0 Å². The van der Waals surface area contributed by atoms with Crippen LogP contribution in [0.15, 0.2) is 237 Å². The van der Waals surface area contributed by atoms with Crippen molar-refractivity contribution in [2.75, 3.05) is 76.1 Å². The SMILES string of the molecule is CCc1cc(NC(=O)N[C@H](C)[C@@H](C)CN2CCC[C@@H](Cc3ccc(F)cc3)C2)cc(-c2nnnn2C)c1.CCc1cc(NC(=O)N[C@H](C)[C@@H](O)CN(CC)CCCc2ccc(F)cc2)cc(-c2nnnn2C)c1.O=C(CC1CCN(Cc2ccc3cc(F)ccc3c2)CC1)c1ccc(F)cc1.O=C(CC1CCN(Cc2ccc3cc(F)ccc3c2)CC1)c1ccccc1-c1ccccc1.[HH].[HH].[HH].[HH].[HH]. The standard InChI is InChI=1S/C30H28FNO.C28H38FN7O.C26H36FN7O2.C24H23F2NO.5H2/c31-27-13-12-25-18-23(10-11-26(25)20-27)21-32-16-14-22(15-17-32)19-30(33)29-9-5-4-8-28(29)24-6-2-1-3-7-24;1-5-21-14-24(27-32-33-34-35(27)4)16-26(15-21)31-28(37)30-20(3)19(2)17-36-12-6-7-23(18-36)13-22-8-10-25(29)11-9-22;1-5-19-14-21(25-30-31-32-33(25)4)16-23(15-19)29-26(36)28-18(3)24(35)17-34(6-2)13-7-8-20-9-11-22(27)12-10-20;25-22-6-3-19(4-7-22)24(28)14-17-9-11-27(12-10-17)16-18-1-2-21-15-23(26)8-5-20(21)13-18;;;;;/h1-13,18,20,22H,14-17,19,21H2;8-11,14-16,19-20,23H,5-7,12-13,17-18H2,1-4H3,(H2,30,31,37);9-12,14-16,18,24,35H,5-8,13,17H2,1-4H3,(H2,28,29,36);1-8,13,15,17H,9-12,14,16H2;5*1H/t;19-,20+,23-;18-,24+;;;;;;/m.01....../s1. The topological polar surface area (TPSA) is 237 Å². The molecular weight excluding hydrogens is 1700 g/mol. The molecule has 16 rings (SSSR count). The predicted octanol–water partition coefficient (Wildman–Crippen LogP) is 22.0. The lowest BCUT2D eigenvalue weighted by molar-refractivity contribution is 0.0891. The number of aliphatic hydroxyl groups excluding tert-OH is 1. The smallest absolute Gasteiger partial charge is 0.319 e. The lowest BCUT2D eigenvalue weighted by Crippen LogP contribution is -2.48. The minimum atomic E-state index is -0.733. The molecule has 0 bridgehead atoms. The van der Waals surface area contributed by atoms with E-state index < -0.39 is 18.2 Å². The molecule has 3 saturated heterocycles. The van der Waals surface area contributed by atoms with Gasteiger partial charge in [-0.1, -0.05) is 143 Å². The van der Waals surface area contributed by atoms with E-state index in [0.29, 0.717) is 60.0 Å². The molecule has 5 heterocycles. The van der Waals surface area contributed by atoms with Gasteiger partial charge in [0.25, 0.3) is 0 Å². The number of hydrogen-bond donors (Lipinski definition) is 5. The maximum absolute atomic E-state index is 13.4. The fraction of sp³-hybridized carbons (Fsp3) is 0.370. The number of likely N-dealkylation sites (N-methyl/N-ethyl adjacent to an activating group) is 1. The van der Waals surface area contributed by atoms with Crippen molar-refractivity contribution in [2.45, 2.75) is 156 Å². The van der Waals surface area contributed by atoms with Gasteiger partial charge in [-0.3, -0.25) is 19.4 Å². The van der Waals surface area contributed by atoms with Crippen LogP contribution in [0.4, 0.5) is 42.9 Å². The molecule has 11 aromatic carbocycles. The molecule has 5 atom stereocenters. The average Bonchev–Trinajstić information content (AvgIpc) is 1.78. The number of rotatable bonds is 32. The van der Waals surface area contributed by atoms with Crippen LogP contribution >= 0.6 is 0 Å². The molecule has 0 aliphatic carbocycles. The zero-order valence-corrected chi connectivity index (χ0v) is 78.1. The number of carbonyl (C=O) groups excluding carboxylic acids is 4. The third-order valence-electron chi connectivity index (χ3n) is 25.9. The third-order valence-corrected chi connectivity index (χ3v) is 25.9. The largest absolute Gasteiger partial charge is 0.390 e. The summed E-state index contributed by atoms with van der Waals surface area (Å²) in [4.78, 5) is 60.6. The van der Waals surface area contributed by atoms with Crippen LogP contribution in [-0.2, 0) is 52.9 Å². The number of amides is 4. The number of carbonyl (C=O) groups is 4. The Kier molecular flexibility index (Phi) is 36.1. The normalized spacial score (nSPS) is 15.4. The molecule has 4 amide bonds. The first-order chi connectivity index (χ1) is 64.8. The molecule has 0 saturated carbocycles. The highest BCUT2D eigenvalue weighted by Gasteiger charge is 2.29. The Hall–Kier alpha value is -12.6. The summed E-state index contributed by atoms with van der Waals surface area (Å²) < 4.78 is 69.2. The van der Waals surface area contributed by atoms with E-state index in [1.807, 2.05) is 129 Å². The van der Waals surface area contributed by atoms with Gasteiger partial charge in [-0.15, -0.1) is 10.2 Å². The van der Waals surface area contributed by atoms with E-state index in [9.17, 15) is 46.2 Å². The molecule has 0 unspecified atom stereocenters. The van der Waals surface area contributed by atoms with Crippen LogP contribution < -0.4 is 21.3 Å². The van der Waals surface area contributed by atoms with Gasteiger partial charge < -0.3 is 36.2 Å². The summed E-state index contributed by atoms with van der Waals surface area (Å²) in [7, 11) is 3.56. The second kappa shape index (κ2) is 48.9. The molecule has 712 valence electrons. The Labute approximate surface area is 790 Å². The van der Waals surface area contributed by atoms with Crippen molar-refractivity contribution < 1.29 is 53.4 Å². The Bertz CT molecular complexity index is 6020. The number of urea groups is 2. The van der Waals surface area contributed by atoms with Crippen molar-refractivity contribution in [1.29, 1.82) is 0 Å². The first-order valence-electron chi connectivity index (χ1n) is 47.1. The Morgan fingerprint density at radius 1 is 0.463 bits per heavy atom. The third kappa shape index (κ3) is 29.5. The summed E-state index contributed by atoms with van der Waals surface area (Å²) >= 11 is 0. The molecule has 21 nitrogen and oxygen atoms in total. The number of tetrazole rings is 2. The van der Waals surface area contributed by atoms with Gasteiger partial charge in [0, 0.05) is 106 Å². The van der Waals surface area contributed by atoms with Crippen LogP contribution in [0.5, 0.6) is 0 Å². The van der Waals surface area contributed by atoms with E-state index in [2.05, 4.69) is 129 Å². The molecule has 134 heavy (non-hydrogen) atoms. The molecule has 3 aliphatic rings. The first-order valence-corrected chi connectivity index (χ1v) is 47.1. The molecule has 5 N–H and O–H groups in total. The van der Waals surface area contributed by atoms with Gasteiger partial charge in [-0.05, 0) is 362 Å². The fourth-order valence-electron chi connectivity index (χ4n) is 18.0. The van der Waals surface area contributed by atoms with Crippen molar-refractivity contribution in [3.63, 3.8) is 0 Å². The van der Waals surface area contributed by atoms with Gasteiger partial charge in [0.1, 0.15) is 29.1 Å². The Balaban J connectivity index is 0.000000225. The number of fused-ring (bicyclic) bond motifs is 2. The number of aliphatic hydroxyl groups is 1. The van der Waals surface area contributed by atoms with Crippen LogP contribution in [0.3, 0.4) is 0 Å². The van der Waals surface area contributed by atoms with Crippen molar-refractivity contribution in [2.24, 2.45) is 37.8 Å². The second-order valence-corrected chi connectivity index (χ2v) is 36.1. The van der Waals surface area contributed by atoms with Crippen molar-refractivity contribution in [3.8, 4) is 33.9 Å². The van der Waals surface area contributed by atoms with Gasteiger partial charge in [0.15, 0.2) is 23.2 Å². The maximum atomic E-state index is 13.4. The molecule has 2 aromatic heterocycles. The molecular formula is C108H135F5N16O5. The van der Waals surface area contributed by atoms with E-state index in [-0.39, 0.29) is 65.8 Å². The number of halogens is 5. The number of nitrogens with one attached hydrogen (secondary N) is 4. The summed E-state index contributed by atoms with van der Waals surface area (Å²) in [6.07, 6.45) is 11.2.